The molecule has 0 spiro atoms. The zero-order valence-corrected chi connectivity index (χ0v) is 26.0. The Kier molecular flexibility index (Phi) is 11.2. The lowest BCUT2D eigenvalue weighted by Gasteiger charge is -2.24. The Balaban J connectivity index is 1.87. The van der Waals surface area contributed by atoms with E-state index < -0.39 is 11.9 Å². The molecule has 0 aliphatic heterocycles. The molecule has 230 valence electrons. The third-order valence-electron chi connectivity index (χ3n) is 7.48. The second-order valence-electron chi connectivity index (χ2n) is 11.3. The third kappa shape index (κ3) is 8.26. The quantitative estimate of drug-likeness (QED) is 0.130. The molecule has 0 bridgehead atoms. The molecular weight excluding hydrogens is 554 g/mol. The summed E-state index contributed by atoms with van der Waals surface area (Å²) in [5, 5.41) is 13.1. The standard InChI is InChI=1S/C37H41NO6/c1-24(2)19-30(23-39)38-37(41)35(27-9-7-6-8-10-27)22-26-20-33(28-11-15-31(42-4)16-12-28)36(44-25(3)40)34(21-26)29-13-17-32(43-5)18-14-29/h6-18,20-21,24,30,35,39H,19,22-23H2,1-5H3,(H,38,41)/t30-,35?/m0/s1. The fourth-order valence-corrected chi connectivity index (χ4v) is 5.36. The van der Waals surface area contributed by atoms with E-state index in [1.807, 2.05) is 91.0 Å². The Hall–Kier alpha value is -4.62. The van der Waals surface area contributed by atoms with Gasteiger partial charge in [0.15, 0.2) is 0 Å². The minimum atomic E-state index is -0.524. The van der Waals surface area contributed by atoms with E-state index in [9.17, 15) is 14.7 Å². The zero-order valence-electron chi connectivity index (χ0n) is 26.0. The second-order valence-corrected chi connectivity index (χ2v) is 11.3. The topological polar surface area (TPSA) is 94.1 Å². The molecule has 2 atom stereocenters. The van der Waals surface area contributed by atoms with Gasteiger partial charge in [0.25, 0.3) is 0 Å². The van der Waals surface area contributed by atoms with Crippen LogP contribution in [-0.2, 0) is 16.0 Å². The zero-order chi connectivity index (χ0) is 31.6. The molecule has 44 heavy (non-hydrogen) atoms. The van der Waals surface area contributed by atoms with Crippen LogP contribution in [0.4, 0.5) is 0 Å². The highest BCUT2D eigenvalue weighted by atomic mass is 16.5. The molecule has 0 heterocycles. The smallest absolute Gasteiger partial charge is 0.308 e. The van der Waals surface area contributed by atoms with Gasteiger partial charge in [-0.25, -0.2) is 0 Å². The Morgan fingerprint density at radius 2 is 1.32 bits per heavy atom. The van der Waals surface area contributed by atoms with Crippen LogP contribution in [-0.4, -0.2) is 43.9 Å². The summed E-state index contributed by atoms with van der Waals surface area (Å²) in [6.07, 6.45) is 1.05. The maximum atomic E-state index is 13.8. The van der Waals surface area contributed by atoms with Crippen molar-refractivity contribution in [3.05, 3.63) is 102 Å². The number of methoxy groups -OCH3 is 2. The van der Waals surface area contributed by atoms with E-state index >= 15 is 0 Å². The summed E-state index contributed by atoms with van der Waals surface area (Å²) in [4.78, 5) is 26.2. The highest BCUT2D eigenvalue weighted by Gasteiger charge is 2.26. The van der Waals surface area contributed by atoms with Crippen molar-refractivity contribution >= 4 is 11.9 Å². The van der Waals surface area contributed by atoms with Gasteiger partial charge in [-0.05, 0) is 77.4 Å². The van der Waals surface area contributed by atoms with Gasteiger partial charge in [0.05, 0.1) is 32.8 Å². The number of esters is 1. The van der Waals surface area contributed by atoms with E-state index in [0.29, 0.717) is 47.1 Å². The fraction of sp³-hybridized carbons (Fsp3) is 0.297. The van der Waals surface area contributed by atoms with Gasteiger partial charge >= 0.3 is 5.97 Å². The van der Waals surface area contributed by atoms with Gasteiger partial charge in [0.1, 0.15) is 17.2 Å². The van der Waals surface area contributed by atoms with Gasteiger partial charge in [-0.1, -0.05) is 68.4 Å². The Bertz CT molecular complexity index is 1460. The van der Waals surface area contributed by atoms with Crippen LogP contribution in [0.3, 0.4) is 0 Å². The molecule has 4 aromatic carbocycles. The van der Waals surface area contributed by atoms with E-state index in [4.69, 9.17) is 14.2 Å². The van der Waals surface area contributed by atoms with Crippen molar-refractivity contribution in [3.63, 3.8) is 0 Å². The molecule has 0 radical (unpaired) electrons. The molecule has 0 fully saturated rings. The number of hydrogen-bond acceptors (Lipinski definition) is 6. The first-order valence-electron chi connectivity index (χ1n) is 14.8. The number of hydrogen-bond donors (Lipinski definition) is 2. The van der Waals surface area contributed by atoms with Gasteiger partial charge in [0, 0.05) is 18.1 Å². The molecule has 4 rings (SSSR count). The Morgan fingerprint density at radius 3 is 1.75 bits per heavy atom. The highest BCUT2D eigenvalue weighted by molar-refractivity contribution is 5.88. The highest BCUT2D eigenvalue weighted by Crippen LogP contribution is 2.42. The molecule has 0 aliphatic carbocycles. The van der Waals surface area contributed by atoms with Crippen LogP contribution in [0, 0.1) is 5.92 Å². The molecule has 2 N–H and O–H groups in total. The summed E-state index contributed by atoms with van der Waals surface area (Å²) in [5.41, 5.74) is 4.84. The number of ether oxygens (including phenoxy) is 3. The van der Waals surface area contributed by atoms with Crippen LogP contribution < -0.4 is 19.5 Å². The Labute approximate surface area is 259 Å². The van der Waals surface area contributed by atoms with Gasteiger partial charge in [-0.3, -0.25) is 9.59 Å². The van der Waals surface area contributed by atoms with Crippen molar-refractivity contribution in [2.75, 3.05) is 20.8 Å². The summed E-state index contributed by atoms with van der Waals surface area (Å²) in [6.45, 7) is 5.38. The van der Waals surface area contributed by atoms with Crippen molar-refractivity contribution in [3.8, 4) is 39.5 Å². The summed E-state index contributed by atoms with van der Waals surface area (Å²) >= 11 is 0. The summed E-state index contributed by atoms with van der Waals surface area (Å²) in [7, 11) is 3.22. The maximum absolute atomic E-state index is 13.8. The average Bonchev–Trinajstić information content (AvgIpc) is 3.03. The van der Waals surface area contributed by atoms with Gasteiger partial charge < -0.3 is 24.6 Å². The van der Waals surface area contributed by atoms with Gasteiger partial charge in [0.2, 0.25) is 5.91 Å². The molecule has 4 aromatic rings. The number of benzene rings is 4. The van der Waals surface area contributed by atoms with Gasteiger partial charge in [-0.15, -0.1) is 0 Å². The maximum Gasteiger partial charge on any atom is 0.308 e. The van der Waals surface area contributed by atoms with Crippen molar-refractivity contribution in [1.82, 2.24) is 5.32 Å². The number of carbonyl (C=O) groups is 2. The normalized spacial score (nSPS) is 12.3. The molecule has 1 amide bonds. The van der Waals surface area contributed by atoms with Crippen LogP contribution in [0.25, 0.3) is 22.3 Å². The van der Waals surface area contributed by atoms with Crippen molar-refractivity contribution in [2.24, 2.45) is 5.92 Å². The van der Waals surface area contributed by atoms with Gasteiger partial charge in [-0.2, -0.15) is 0 Å². The number of rotatable bonds is 13. The predicted octanol–water partition coefficient (Wildman–Crippen LogP) is 6.81. The number of amides is 1. The molecule has 0 aliphatic rings. The molecule has 0 saturated carbocycles. The summed E-state index contributed by atoms with van der Waals surface area (Å²) < 4.78 is 16.6. The number of nitrogens with one attached hydrogen (secondary N) is 1. The van der Waals surface area contributed by atoms with Crippen molar-refractivity contribution in [1.29, 1.82) is 0 Å². The fourth-order valence-electron chi connectivity index (χ4n) is 5.36. The van der Waals surface area contributed by atoms with E-state index in [1.54, 1.807) is 14.2 Å². The van der Waals surface area contributed by atoms with Crippen LogP contribution in [0.5, 0.6) is 17.2 Å². The average molecular weight is 596 g/mol. The van der Waals surface area contributed by atoms with Crippen LogP contribution in [0.2, 0.25) is 0 Å². The summed E-state index contributed by atoms with van der Waals surface area (Å²) in [5.74, 6) is 1.03. The van der Waals surface area contributed by atoms with Crippen LogP contribution in [0.15, 0.2) is 91.0 Å². The molecule has 7 heteroatoms. The van der Waals surface area contributed by atoms with Crippen LogP contribution >= 0.6 is 0 Å². The molecular formula is C37H41NO6. The number of aliphatic hydroxyl groups excluding tert-OH is 1. The van der Waals surface area contributed by atoms with E-state index in [-0.39, 0.29) is 18.6 Å². The van der Waals surface area contributed by atoms with Crippen LogP contribution in [0.1, 0.15) is 44.2 Å². The molecule has 0 aromatic heterocycles. The minimum absolute atomic E-state index is 0.133. The largest absolute Gasteiger partial charge is 0.497 e. The third-order valence-corrected chi connectivity index (χ3v) is 7.48. The first-order valence-corrected chi connectivity index (χ1v) is 14.8. The molecule has 1 unspecified atom stereocenters. The number of aliphatic hydroxyl groups is 1. The summed E-state index contributed by atoms with van der Waals surface area (Å²) in [6, 6.07) is 28.4. The minimum Gasteiger partial charge on any atom is -0.497 e. The first kappa shape index (κ1) is 32.3. The van der Waals surface area contributed by atoms with E-state index in [1.165, 1.54) is 6.92 Å². The van der Waals surface area contributed by atoms with Crippen molar-refractivity contribution in [2.45, 2.75) is 45.6 Å². The van der Waals surface area contributed by atoms with E-state index in [0.717, 1.165) is 22.3 Å². The SMILES string of the molecule is COc1ccc(-c2cc(CC(C(=O)N[C@H](CO)CC(C)C)c3ccccc3)cc(-c3ccc(OC)cc3)c2OC(C)=O)cc1. The lowest BCUT2D eigenvalue weighted by atomic mass is 9.87. The van der Waals surface area contributed by atoms with E-state index in [2.05, 4.69) is 19.2 Å². The Morgan fingerprint density at radius 1 is 0.795 bits per heavy atom. The lowest BCUT2D eigenvalue weighted by Crippen LogP contribution is -2.41. The monoisotopic (exact) mass is 595 g/mol. The predicted molar refractivity (Wildman–Crippen MR) is 173 cm³/mol. The molecule has 7 nitrogen and oxygen atoms in total. The molecule has 0 saturated heterocycles. The second kappa shape index (κ2) is 15.2. The lowest BCUT2D eigenvalue weighted by molar-refractivity contribution is -0.131. The first-order chi connectivity index (χ1) is 21.2. The van der Waals surface area contributed by atoms with Crippen molar-refractivity contribution < 1.29 is 28.9 Å². The number of carbonyl (C=O) groups excluding carboxylic acids is 2.